The van der Waals surface area contributed by atoms with Gasteiger partial charge in [0.25, 0.3) is 0 Å². The Hall–Kier alpha value is -3.71. The smallest absolute Gasteiger partial charge is 0.311 e. The second-order valence-electron chi connectivity index (χ2n) is 8.24. The van der Waals surface area contributed by atoms with Crippen molar-refractivity contribution < 1.29 is 14.7 Å². The van der Waals surface area contributed by atoms with Gasteiger partial charge in [0.15, 0.2) is 0 Å². The summed E-state index contributed by atoms with van der Waals surface area (Å²) in [6.07, 6.45) is 4.16. The Morgan fingerprint density at radius 2 is 1.97 bits per heavy atom. The highest BCUT2D eigenvalue weighted by Crippen LogP contribution is 2.27. The Bertz CT molecular complexity index is 1190. The van der Waals surface area contributed by atoms with Crippen molar-refractivity contribution in [2.75, 3.05) is 6.54 Å². The second kappa shape index (κ2) is 9.83. The fourth-order valence-electron chi connectivity index (χ4n) is 4.22. The minimum Gasteiger partial charge on any atom is -0.481 e. The number of carboxylic acids is 1. The molecule has 0 aliphatic carbocycles. The lowest BCUT2D eigenvalue weighted by Gasteiger charge is -2.21. The van der Waals surface area contributed by atoms with Crippen LogP contribution < -0.4 is 10.6 Å². The first-order valence-corrected chi connectivity index (χ1v) is 11.1. The second-order valence-corrected chi connectivity index (χ2v) is 8.24. The molecule has 0 unspecified atom stereocenters. The van der Waals surface area contributed by atoms with Gasteiger partial charge in [0.2, 0.25) is 0 Å². The molecule has 0 radical (unpaired) electrons. The van der Waals surface area contributed by atoms with Gasteiger partial charge in [0.1, 0.15) is 17.8 Å². The maximum Gasteiger partial charge on any atom is 0.311 e. The molecular formula is C26H28N4O3. The molecule has 3 aromatic carbocycles. The fraction of sp³-hybridized carbons (Fsp3) is 0.269. The van der Waals surface area contributed by atoms with Crippen LogP contribution in [0.25, 0.3) is 10.8 Å². The number of nitrogen functional groups attached to an aromatic ring is 1. The predicted molar refractivity (Wildman–Crippen MR) is 130 cm³/mol. The number of carbonyl (C=O) groups is 1. The molecule has 2 atom stereocenters. The highest BCUT2D eigenvalue weighted by atomic mass is 16.7. The van der Waals surface area contributed by atoms with Crippen LogP contribution in [0.1, 0.15) is 42.4 Å². The van der Waals surface area contributed by atoms with Crippen LogP contribution in [0.2, 0.25) is 0 Å². The first kappa shape index (κ1) is 22.5. The summed E-state index contributed by atoms with van der Waals surface area (Å²) >= 11 is 0. The van der Waals surface area contributed by atoms with Gasteiger partial charge in [-0.15, -0.1) is 5.06 Å². The number of carboxylic acid groups (broad SMARTS) is 1. The summed E-state index contributed by atoms with van der Waals surface area (Å²) in [7, 11) is 0. The van der Waals surface area contributed by atoms with Gasteiger partial charge in [-0.3, -0.25) is 15.2 Å². The van der Waals surface area contributed by atoms with E-state index in [0.29, 0.717) is 17.7 Å². The van der Waals surface area contributed by atoms with Crippen molar-refractivity contribution in [2.24, 2.45) is 10.7 Å². The molecule has 170 valence electrons. The Morgan fingerprint density at radius 3 is 2.67 bits per heavy atom. The maximum absolute atomic E-state index is 12.1. The number of nitrogens with zero attached hydrogens (tertiary/aromatic N) is 2. The average Bonchev–Trinajstić information content (AvgIpc) is 3.24. The van der Waals surface area contributed by atoms with Crippen LogP contribution in [0, 0.1) is 5.41 Å². The lowest BCUT2D eigenvalue weighted by Crippen LogP contribution is -2.31. The van der Waals surface area contributed by atoms with Crippen LogP contribution in [0.15, 0.2) is 65.7 Å². The van der Waals surface area contributed by atoms with Gasteiger partial charge >= 0.3 is 5.97 Å². The zero-order valence-electron chi connectivity index (χ0n) is 18.6. The van der Waals surface area contributed by atoms with E-state index >= 15 is 0 Å². The number of nitrogens with one attached hydrogen (secondary N) is 1. The summed E-state index contributed by atoms with van der Waals surface area (Å²) in [5.41, 5.74) is 7.89. The Kier molecular flexibility index (Phi) is 6.70. The van der Waals surface area contributed by atoms with E-state index in [9.17, 15) is 9.90 Å². The monoisotopic (exact) mass is 444 g/mol. The Balaban J connectivity index is 1.51. The van der Waals surface area contributed by atoms with Gasteiger partial charge in [-0.2, -0.15) is 0 Å². The number of hydrogen-bond acceptors (Lipinski definition) is 5. The summed E-state index contributed by atoms with van der Waals surface area (Å²) < 4.78 is 0. The zero-order valence-corrected chi connectivity index (χ0v) is 18.6. The molecule has 0 bridgehead atoms. The summed E-state index contributed by atoms with van der Waals surface area (Å²) in [4.78, 5) is 22.5. The number of fused-ring (bicyclic) bond motifs is 1. The normalized spacial score (nSPS) is 17.4. The third-order valence-electron chi connectivity index (χ3n) is 5.95. The van der Waals surface area contributed by atoms with Crippen molar-refractivity contribution >= 4 is 28.8 Å². The van der Waals surface area contributed by atoms with Crippen molar-refractivity contribution in [3.05, 3.63) is 77.4 Å². The molecule has 1 heterocycles. The minimum absolute atomic E-state index is 0.00905. The van der Waals surface area contributed by atoms with E-state index in [1.54, 1.807) is 6.21 Å². The zero-order chi connectivity index (χ0) is 23.4. The molecule has 1 aliphatic heterocycles. The molecule has 0 saturated carbocycles. The first-order valence-electron chi connectivity index (χ1n) is 11.1. The molecule has 0 spiro atoms. The van der Waals surface area contributed by atoms with E-state index in [1.165, 1.54) is 0 Å². The highest BCUT2D eigenvalue weighted by Gasteiger charge is 2.26. The van der Waals surface area contributed by atoms with Crippen LogP contribution >= 0.6 is 0 Å². The topological polar surface area (TPSA) is 112 Å². The van der Waals surface area contributed by atoms with E-state index < -0.39 is 11.9 Å². The van der Waals surface area contributed by atoms with Crippen molar-refractivity contribution in [1.29, 1.82) is 5.41 Å². The number of amidine groups is 1. The number of nitrogens with two attached hydrogens (primary N) is 1. The predicted octanol–water partition coefficient (Wildman–Crippen LogP) is 4.34. The Morgan fingerprint density at radius 1 is 1.21 bits per heavy atom. The maximum atomic E-state index is 12.1. The van der Waals surface area contributed by atoms with Crippen molar-refractivity contribution in [2.45, 2.75) is 38.3 Å². The van der Waals surface area contributed by atoms with Crippen LogP contribution in [0.4, 0.5) is 0 Å². The van der Waals surface area contributed by atoms with Gasteiger partial charge < -0.3 is 15.7 Å². The van der Waals surface area contributed by atoms with Crippen molar-refractivity contribution in [3.63, 3.8) is 0 Å². The van der Waals surface area contributed by atoms with Crippen molar-refractivity contribution in [3.8, 4) is 5.75 Å². The minimum atomic E-state index is -0.877. The molecule has 3 aromatic rings. The number of aliphatic imine (C=N–C) groups is 1. The number of hydroxylamine groups is 2. The molecule has 7 heteroatoms. The highest BCUT2D eigenvalue weighted by molar-refractivity contribution is 5.99. The van der Waals surface area contributed by atoms with Crippen molar-refractivity contribution in [1.82, 2.24) is 5.06 Å². The third kappa shape index (κ3) is 5.21. The Labute approximate surface area is 193 Å². The van der Waals surface area contributed by atoms with Gasteiger partial charge in [-0.25, -0.2) is 0 Å². The van der Waals surface area contributed by atoms with E-state index in [4.69, 9.17) is 16.0 Å². The number of hydrogen-bond donors (Lipinski definition) is 3. The quantitative estimate of drug-likeness (QED) is 0.353. The van der Waals surface area contributed by atoms with E-state index in [2.05, 4.69) is 4.99 Å². The third-order valence-corrected chi connectivity index (χ3v) is 5.95. The van der Waals surface area contributed by atoms with E-state index in [0.717, 1.165) is 41.3 Å². The van der Waals surface area contributed by atoms with Crippen LogP contribution in [-0.2, 0) is 11.2 Å². The van der Waals surface area contributed by atoms with Gasteiger partial charge in [-0.1, -0.05) is 42.5 Å². The fourth-order valence-corrected chi connectivity index (χ4v) is 4.22. The van der Waals surface area contributed by atoms with E-state index in [-0.39, 0.29) is 12.0 Å². The molecule has 1 aliphatic rings. The van der Waals surface area contributed by atoms with Gasteiger partial charge in [0, 0.05) is 12.1 Å². The first-order chi connectivity index (χ1) is 15.9. The SMILES string of the molecule is C/C=N/[C@@H]1CCCN1Oc1ccc([C@H](Cc2ccc3ccc(C(=N)N)cc3c2)C(=O)O)cc1. The standard InChI is InChI=1S/C26H28N4O3/c1-2-29-24-4-3-13-30(24)33-22-11-9-19(10-12-22)23(26(31)32)15-17-5-6-18-7-8-20(25(27)28)16-21(18)14-17/h2,5-12,14,16,23-24H,3-4,13,15H2,1H3,(H3,27,28)(H,31,32)/b29-2+/t23-,24-/m0/s1. The van der Waals surface area contributed by atoms with Crippen LogP contribution in [0.5, 0.6) is 5.75 Å². The molecule has 0 amide bonds. The molecule has 7 nitrogen and oxygen atoms in total. The van der Waals surface area contributed by atoms with Crippen LogP contribution in [0.3, 0.4) is 0 Å². The molecule has 4 rings (SSSR count). The molecule has 0 aromatic heterocycles. The molecule has 1 fully saturated rings. The molecule has 4 N–H and O–H groups in total. The lowest BCUT2D eigenvalue weighted by molar-refractivity contribution is -0.138. The molecule has 33 heavy (non-hydrogen) atoms. The van der Waals surface area contributed by atoms with E-state index in [1.807, 2.05) is 72.7 Å². The largest absolute Gasteiger partial charge is 0.481 e. The summed E-state index contributed by atoms with van der Waals surface area (Å²) in [6.45, 7) is 2.71. The molecular weight excluding hydrogens is 416 g/mol. The number of rotatable bonds is 8. The average molecular weight is 445 g/mol. The van der Waals surface area contributed by atoms with Crippen LogP contribution in [-0.4, -0.2) is 40.9 Å². The lowest BCUT2D eigenvalue weighted by atomic mass is 9.91. The summed E-state index contributed by atoms with van der Waals surface area (Å²) in [5, 5.41) is 21.4. The number of aliphatic carboxylic acids is 1. The summed E-state index contributed by atoms with van der Waals surface area (Å²) in [5.74, 6) is -0.881. The van der Waals surface area contributed by atoms with Gasteiger partial charge in [-0.05, 0) is 72.5 Å². The number of benzene rings is 3. The van der Waals surface area contributed by atoms with Gasteiger partial charge in [0.05, 0.1) is 5.92 Å². The molecule has 1 saturated heterocycles. The summed E-state index contributed by atoms with van der Waals surface area (Å²) in [6, 6.07) is 18.7.